The summed E-state index contributed by atoms with van der Waals surface area (Å²) in [6.07, 6.45) is 2.99. The zero-order chi connectivity index (χ0) is 19.9. The molecule has 9 nitrogen and oxygen atoms in total. The van der Waals surface area contributed by atoms with Crippen LogP contribution in [0.5, 0.6) is 11.5 Å². The third-order valence-electron chi connectivity index (χ3n) is 3.56. The minimum absolute atomic E-state index is 0.0363. The number of methoxy groups -OCH3 is 2. The molecule has 2 aromatic heterocycles. The quantitative estimate of drug-likeness (QED) is 0.627. The van der Waals surface area contributed by atoms with Crippen LogP contribution >= 0.6 is 11.3 Å². The summed E-state index contributed by atoms with van der Waals surface area (Å²) in [5, 5.41) is 7.44. The second-order valence-electron chi connectivity index (χ2n) is 5.46. The first kappa shape index (κ1) is 19.2. The first-order valence-electron chi connectivity index (χ1n) is 8.13. The Morgan fingerprint density at radius 3 is 2.61 bits per heavy atom. The maximum atomic E-state index is 12.4. The third kappa shape index (κ3) is 4.80. The fourth-order valence-corrected chi connectivity index (χ4v) is 2.99. The molecule has 3 aromatic rings. The fourth-order valence-electron chi connectivity index (χ4n) is 2.29. The van der Waals surface area contributed by atoms with Crippen LogP contribution in [0.1, 0.15) is 16.3 Å². The molecule has 2 N–H and O–H groups in total. The normalized spacial score (nSPS) is 10.2. The van der Waals surface area contributed by atoms with Crippen LogP contribution < -0.4 is 20.1 Å². The van der Waals surface area contributed by atoms with Gasteiger partial charge in [-0.3, -0.25) is 14.9 Å². The largest absolute Gasteiger partial charge is 0.497 e. The second kappa shape index (κ2) is 8.91. The predicted octanol–water partition coefficient (Wildman–Crippen LogP) is 2.38. The number of nitrogens with zero attached hydrogens (tertiary/aromatic N) is 3. The summed E-state index contributed by atoms with van der Waals surface area (Å²) in [5.41, 5.74) is 1.02. The minimum Gasteiger partial charge on any atom is -0.497 e. The number of nitrogens with one attached hydrogen (secondary N) is 2. The number of rotatable bonds is 7. The van der Waals surface area contributed by atoms with Crippen molar-refractivity contribution in [3.8, 4) is 11.5 Å². The molecule has 1 aromatic carbocycles. The molecule has 0 saturated heterocycles. The number of amides is 2. The molecule has 2 heterocycles. The lowest BCUT2D eigenvalue weighted by molar-refractivity contribution is -0.115. The van der Waals surface area contributed by atoms with Gasteiger partial charge >= 0.3 is 0 Å². The number of hydrogen-bond acceptors (Lipinski definition) is 8. The summed E-state index contributed by atoms with van der Waals surface area (Å²) in [6.45, 7) is 0. The van der Waals surface area contributed by atoms with Crippen LogP contribution in [0.25, 0.3) is 0 Å². The first-order valence-corrected chi connectivity index (χ1v) is 9.01. The number of thiazole rings is 1. The van der Waals surface area contributed by atoms with Crippen molar-refractivity contribution in [2.24, 2.45) is 0 Å². The van der Waals surface area contributed by atoms with Gasteiger partial charge in [-0.25, -0.2) is 15.0 Å². The van der Waals surface area contributed by atoms with Crippen molar-refractivity contribution in [3.63, 3.8) is 0 Å². The van der Waals surface area contributed by atoms with E-state index in [9.17, 15) is 9.59 Å². The molecule has 0 unspecified atom stereocenters. The van der Waals surface area contributed by atoms with Gasteiger partial charge in [0.25, 0.3) is 5.91 Å². The zero-order valence-corrected chi connectivity index (χ0v) is 15.9. The number of aromatic nitrogens is 3. The first-order chi connectivity index (χ1) is 13.6. The summed E-state index contributed by atoms with van der Waals surface area (Å²) in [5.74, 6) is 0.413. The molecule has 0 aliphatic carbocycles. The molecule has 144 valence electrons. The highest BCUT2D eigenvalue weighted by molar-refractivity contribution is 7.14. The highest BCUT2D eigenvalue weighted by Crippen LogP contribution is 2.29. The Morgan fingerprint density at radius 1 is 1.11 bits per heavy atom. The summed E-state index contributed by atoms with van der Waals surface area (Å²) < 4.78 is 10.4. The van der Waals surface area contributed by atoms with Crippen LogP contribution in [0, 0.1) is 0 Å². The van der Waals surface area contributed by atoms with Crippen molar-refractivity contribution in [3.05, 3.63) is 53.6 Å². The number of anilines is 2. The lowest BCUT2D eigenvalue weighted by atomic mass is 10.2. The molecule has 0 saturated carbocycles. The molecule has 0 aliphatic rings. The minimum atomic E-state index is -0.466. The van der Waals surface area contributed by atoms with Crippen LogP contribution in [0.15, 0.2) is 42.0 Å². The van der Waals surface area contributed by atoms with E-state index < -0.39 is 5.91 Å². The Morgan fingerprint density at radius 2 is 1.89 bits per heavy atom. The number of carbonyl (C=O) groups is 2. The van der Waals surface area contributed by atoms with Crippen LogP contribution in [-0.2, 0) is 11.2 Å². The maximum Gasteiger partial charge on any atom is 0.295 e. The van der Waals surface area contributed by atoms with Gasteiger partial charge in [0.15, 0.2) is 5.13 Å². The van der Waals surface area contributed by atoms with Gasteiger partial charge < -0.3 is 14.8 Å². The summed E-state index contributed by atoms with van der Waals surface area (Å²) in [4.78, 5) is 36.4. The topological polar surface area (TPSA) is 115 Å². The summed E-state index contributed by atoms with van der Waals surface area (Å²) in [6, 6.07) is 6.73. The fraction of sp³-hybridized carbons (Fsp3) is 0.167. The number of benzene rings is 1. The SMILES string of the molecule is COc1ccc(OC)c(NC(=O)Cc2csc(NC(=O)c3ncccn3)n2)c1. The Balaban J connectivity index is 1.62. The zero-order valence-electron chi connectivity index (χ0n) is 15.1. The van der Waals surface area contributed by atoms with E-state index in [2.05, 4.69) is 25.6 Å². The molecule has 0 fully saturated rings. The maximum absolute atomic E-state index is 12.4. The van der Waals surface area contributed by atoms with Crippen molar-refractivity contribution in [1.82, 2.24) is 15.0 Å². The molecular weight excluding hydrogens is 382 g/mol. The van der Waals surface area contributed by atoms with E-state index in [1.165, 1.54) is 30.8 Å². The van der Waals surface area contributed by atoms with Gasteiger partial charge in [0, 0.05) is 23.8 Å². The Bertz CT molecular complexity index is 977. The van der Waals surface area contributed by atoms with Gasteiger partial charge in [0.1, 0.15) is 11.5 Å². The van der Waals surface area contributed by atoms with Crippen LogP contribution in [0.4, 0.5) is 10.8 Å². The molecular formula is C18H17N5O4S. The lowest BCUT2D eigenvalue weighted by Crippen LogP contribution is -2.16. The molecule has 0 bridgehead atoms. The Hall–Kier alpha value is -3.53. The van der Waals surface area contributed by atoms with Gasteiger partial charge in [-0.1, -0.05) is 0 Å². The molecule has 0 spiro atoms. The van der Waals surface area contributed by atoms with E-state index in [-0.39, 0.29) is 18.2 Å². The highest BCUT2D eigenvalue weighted by atomic mass is 32.1. The van der Waals surface area contributed by atoms with E-state index in [1.54, 1.807) is 36.8 Å². The second-order valence-corrected chi connectivity index (χ2v) is 6.32. The average molecular weight is 399 g/mol. The highest BCUT2D eigenvalue weighted by Gasteiger charge is 2.14. The summed E-state index contributed by atoms with van der Waals surface area (Å²) >= 11 is 1.21. The van der Waals surface area contributed by atoms with E-state index in [4.69, 9.17) is 9.47 Å². The molecule has 0 radical (unpaired) electrons. The predicted molar refractivity (Wildman–Crippen MR) is 104 cm³/mol. The lowest BCUT2D eigenvalue weighted by Gasteiger charge is -2.11. The average Bonchev–Trinajstić information content (AvgIpc) is 3.15. The van der Waals surface area contributed by atoms with Crippen LogP contribution in [0.2, 0.25) is 0 Å². The van der Waals surface area contributed by atoms with Gasteiger partial charge in [-0.15, -0.1) is 11.3 Å². The molecule has 0 atom stereocenters. The van der Waals surface area contributed by atoms with Crippen LogP contribution in [-0.4, -0.2) is 41.0 Å². The Labute approximate surface area is 164 Å². The molecule has 3 rings (SSSR count). The molecule has 28 heavy (non-hydrogen) atoms. The van der Waals surface area contributed by atoms with Gasteiger partial charge in [0.05, 0.1) is 32.0 Å². The van der Waals surface area contributed by atoms with E-state index >= 15 is 0 Å². The van der Waals surface area contributed by atoms with Gasteiger partial charge in [-0.05, 0) is 18.2 Å². The van der Waals surface area contributed by atoms with E-state index in [1.807, 2.05) is 0 Å². The van der Waals surface area contributed by atoms with Crippen molar-refractivity contribution >= 4 is 34.0 Å². The standard InChI is InChI=1S/C18H17N5O4S/c1-26-12-4-5-14(27-2)13(9-12)22-15(24)8-11-10-28-18(21-11)23-17(25)16-19-6-3-7-20-16/h3-7,9-10H,8H2,1-2H3,(H,22,24)(H,21,23,25). The number of carbonyl (C=O) groups excluding carboxylic acids is 2. The smallest absolute Gasteiger partial charge is 0.295 e. The number of ether oxygens (including phenoxy) is 2. The Kier molecular flexibility index (Phi) is 6.12. The van der Waals surface area contributed by atoms with Gasteiger partial charge in [0.2, 0.25) is 11.7 Å². The van der Waals surface area contributed by atoms with E-state index in [0.717, 1.165) is 0 Å². The third-order valence-corrected chi connectivity index (χ3v) is 4.37. The van der Waals surface area contributed by atoms with Crippen molar-refractivity contribution in [2.45, 2.75) is 6.42 Å². The molecule has 0 aliphatic heterocycles. The molecule has 10 heteroatoms. The number of hydrogen-bond donors (Lipinski definition) is 2. The van der Waals surface area contributed by atoms with Crippen LogP contribution in [0.3, 0.4) is 0 Å². The van der Waals surface area contributed by atoms with Crippen molar-refractivity contribution < 1.29 is 19.1 Å². The van der Waals surface area contributed by atoms with Gasteiger partial charge in [-0.2, -0.15) is 0 Å². The van der Waals surface area contributed by atoms with Crippen molar-refractivity contribution in [2.75, 3.05) is 24.9 Å². The summed E-state index contributed by atoms with van der Waals surface area (Å²) in [7, 11) is 3.06. The monoisotopic (exact) mass is 399 g/mol. The van der Waals surface area contributed by atoms with Crippen molar-refractivity contribution in [1.29, 1.82) is 0 Å². The molecule has 2 amide bonds. The van der Waals surface area contributed by atoms with E-state index in [0.29, 0.717) is 28.0 Å².